The molecule has 3 amide bonds. The van der Waals surface area contributed by atoms with Crippen LogP contribution in [0.5, 0.6) is 11.5 Å². The van der Waals surface area contributed by atoms with Gasteiger partial charge in [-0.2, -0.15) is 0 Å². The number of hydrogen-bond donors (Lipinski definition) is 3. The normalized spacial score (nSPS) is 14.1. The van der Waals surface area contributed by atoms with Gasteiger partial charge in [0.05, 0.1) is 26.4 Å². The number of fused-ring (bicyclic) bond motifs is 1. The van der Waals surface area contributed by atoms with Crippen LogP contribution >= 0.6 is 23.1 Å². The summed E-state index contributed by atoms with van der Waals surface area (Å²) in [6.07, 6.45) is 4.09. The quantitative estimate of drug-likeness (QED) is 0.0578. The van der Waals surface area contributed by atoms with E-state index in [0.717, 1.165) is 35.3 Å². The van der Waals surface area contributed by atoms with E-state index in [-0.39, 0.29) is 18.2 Å². The Kier molecular flexibility index (Phi) is 13.3. The maximum atomic E-state index is 14.3. The van der Waals surface area contributed by atoms with E-state index in [1.54, 1.807) is 73.7 Å². The molecule has 0 radical (unpaired) electrons. The minimum absolute atomic E-state index is 0.0320. The molecule has 0 saturated carbocycles. The summed E-state index contributed by atoms with van der Waals surface area (Å²) in [7, 11) is 3.01. The molecule has 0 spiro atoms. The van der Waals surface area contributed by atoms with Crippen molar-refractivity contribution in [3.8, 4) is 11.5 Å². The lowest BCUT2D eigenvalue weighted by atomic mass is 9.88. The largest absolute Gasteiger partial charge is 0.493 e. The fourth-order valence-corrected chi connectivity index (χ4v) is 8.93. The molecule has 0 bridgehead atoms. The van der Waals surface area contributed by atoms with Gasteiger partial charge in [0.25, 0.3) is 11.8 Å². The van der Waals surface area contributed by atoms with E-state index in [1.807, 2.05) is 36.4 Å². The Morgan fingerprint density at radius 3 is 2.34 bits per heavy atom. The Labute approximate surface area is 334 Å². The van der Waals surface area contributed by atoms with E-state index in [0.29, 0.717) is 49.7 Å². The lowest BCUT2D eigenvalue weighted by Gasteiger charge is -2.19. The Morgan fingerprint density at radius 1 is 0.893 bits per heavy atom. The van der Waals surface area contributed by atoms with E-state index in [9.17, 15) is 19.2 Å². The van der Waals surface area contributed by atoms with Crippen molar-refractivity contribution in [1.29, 1.82) is 0 Å². The third-order valence-electron chi connectivity index (χ3n) is 9.18. The molecule has 12 heteroatoms. The molecule has 6 rings (SSSR count). The minimum atomic E-state index is -0.712. The van der Waals surface area contributed by atoms with Crippen molar-refractivity contribution in [1.82, 2.24) is 5.32 Å². The maximum absolute atomic E-state index is 14.3. The van der Waals surface area contributed by atoms with Gasteiger partial charge in [0.2, 0.25) is 5.91 Å². The summed E-state index contributed by atoms with van der Waals surface area (Å²) < 4.78 is 16.5. The summed E-state index contributed by atoms with van der Waals surface area (Å²) in [5, 5.41) is 8.56. The van der Waals surface area contributed by atoms with E-state index in [4.69, 9.17) is 14.2 Å². The summed E-state index contributed by atoms with van der Waals surface area (Å²) in [6, 6.07) is 30.4. The third kappa shape index (κ3) is 9.50. The third-order valence-corrected chi connectivity index (χ3v) is 11.6. The Balaban J connectivity index is 1.28. The highest BCUT2D eigenvalue weighted by atomic mass is 32.2. The summed E-state index contributed by atoms with van der Waals surface area (Å²) >= 11 is 2.76. The molecule has 2 atom stereocenters. The zero-order chi connectivity index (χ0) is 39.6. The molecule has 3 N–H and O–H groups in total. The van der Waals surface area contributed by atoms with Gasteiger partial charge in [-0.25, -0.2) is 4.79 Å². The molecule has 10 nitrogen and oxygen atoms in total. The van der Waals surface area contributed by atoms with Crippen molar-refractivity contribution >= 4 is 63.6 Å². The fraction of sp³-hybridized carbons (Fsp3) is 0.227. The molecule has 56 heavy (non-hydrogen) atoms. The number of hydrogen-bond acceptors (Lipinski definition) is 9. The number of esters is 1. The van der Waals surface area contributed by atoms with Crippen LogP contribution in [-0.2, 0) is 27.2 Å². The molecule has 5 aromatic rings. The summed E-state index contributed by atoms with van der Waals surface area (Å²) in [5.74, 6) is -0.443. The Hall–Kier alpha value is -5.85. The zero-order valence-electron chi connectivity index (χ0n) is 31.5. The van der Waals surface area contributed by atoms with Crippen molar-refractivity contribution in [2.45, 2.75) is 43.3 Å². The van der Waals surface area contributed by atoms with Gasteiger partial charge in [-0.3, -0.25) is 14.4 Å². The SMILES string of the molecule is CCOC(=O)c1c(NC(=O)C(Sc2cccc(NC(=O)/C(=C\c3cccc(OC)c3OC)NC(=O)c3ccccc3)c2)c2ccccc2)sc2c1CCC(C)C2. The molecular formula is C44H43N3O7S2. The number of rotatable bonds is 14. The molecule has 288 valence electrons. The number of anilines is 2. The van der Waals surface area contributed by atoms with Crippen LogP contribution < -0.4 is 25.4 Å². The standard InChI is InChI=1S/C44H43N3O7S2/c1-5-54-44(51)37-33-23-22-27(2)24-36(33)56-43(37)47-42(50)39(28-14-8-6-9-15-28)55-32-20-13-19-31(26-32)45-41(49)34(46-40(48)29-16-10-7-11-17-29)25-30-18-12-21-35(52-3)38(30)53-4/h6-21,25-27,39H,5,22-24H2,1-4H3,(H,45,49)(H,46,48)(H,47,50)/b34-25+. The van der Waals surface area contributed by atoms with Crippen LogP contribution in [0.15, 0.2) is 114 Å². The van der Waals surface area contributed by atoms with Gasteiger partial charge in [0.1, 0.15) is 15.9 Å². The van der Waals surface area contributed by atoms with E-state index in [1.165, 1.54) is 43.4 Å². The average molecular weight is 790 g/mol. The number of thiophene rings is 1. The van der Waals surface area contributed by atoms with Gasteiger partial charge in [-0.1, -0.05) is 73.7 Å². The first-order valence-electron chi connectivity index (χ1n) is 18.2. The highest BCUT2D eigenvalue weighted by molar-refractivity contribution is 8.00. The second kappa shape index (κ2) is 18.7. The second-order valence-electron chi connectivity index (χ2n) is 13.1. The summed E-state index contributed by atoms with van der Waals surface area (Å²) in [4.78, 5) is 56.5. The van der Waals surface area contributed by atoms with E-state index >= 15 is 0 Å². The van der Waals surface area contributed by atoms with Crippen molar-refractivity contribution in [3.63, 3.8) is 0 Å². The number of nitrogens with one attached hydrogen (secondary N) is 3. The predicted octanol–water partition coefficient (Wildman–Crippen LogP) is 8.95. The van der Waals surface area contributed by atoms with E-state index < -0.39 is 23.0 Å². The zero-order valence-corrected chi connectivity index (χ0v) is 33.2. The van der Waals surface area contributed by atoms with Gasteiger partial charge in [-0.05, 0) is 85.7 Å². The molecule has 2 unspecified atom stereocenters. The molecule has 0 aliphatic heterocycles. The number of amides is 3. The number of carbonyl (C=O) groups is 4. The van der Waals surface area contributed by atoms with Crippen molar-refractivity contribution in [3.05, 3.63) is 142 Å². The van der Waals surface area contributed by atoms with Crippen molar-refractivity contribution < 1.29 is 33.4 Å². The first-order valence-corrected chi connectivity index (χ1v) is 19.9. The van der Waals surface area contributed by atoms with Gasteiger partial charge >= 0.3 is 5.97 Å². The molecule has 1 heterocycles. The summed E-state index contributed by atoms with van der Waals surface area (Å²) in [6.45, 7) is 4.19. The maximum Gasteiger partial charge on any atom is 0.341 e. The molecule has 0 fully saturated rings. The molecule has 4 aromatic carbocycles. The van der Waals surface area contributed by atoms with Gasteiger partial charge < -0.3 is 30.2 Å². The number of para-hydroxylation sites is 1. The van der Waals surface area contributed by atoms with Crippen LogP contribution in [0, 0.1) is 5.92 Å². The predicted molar refractivity (Wildman–Crippen MR) is 222 cm³/mol. The number of methoxy groups -OCH3 is 2. The number of ether oxygens (including phenoxy) is 3. The monoisotopic (exact) mass is 789 g/mol. The van der Waals surface area contributed by atoms with Crippen LogP contribution in [0.2, 0.25) is 0 Å². The summed E-state index contributed by atoms with van der Waals surface area (Å²) in [5.41, 5.74) is 3.47. The second-order valence-corrected chi connectivity index (χ2v) is 15.4. The smallest absolute Gasteiger partial charge is 0.341 e. The first kappa shape index (κ1) is 39.8. The van der Waals surface area contributed by atoms with Gasteiger partial charge in [0, 0.05) is 26.6 Å². The topological polar surface area (TPSA) is 132 Å². The Bertz CT molecular complexity index is 2240. The van der Waals surface area contributed by atoms with Gasteiger partial charge in [-0.15, -0.1) is 23.1 Å². The fourth-order valence-electron chi connectivity index (χ4n) is 6.44. The molecule has 1 aromatic heterocycles. The lowest BCUT2D eigenvalue weighted by Crippen LogP contribution is -2.30. The Morgan fingerprint density at radius 2 is 1.62 bits per heavy atom. The van der Waals surface area contributed by atoms with Crippen LogP contribution in [0.3, 0.4) is 0 Å². The van der Waals surface area contributed by atoms with Crippen LogP contribution in [0.1, 0.15) is 67.8 Å². The number of thioether (sulfide) groups is 1. The molecule has 0 saturated heterocycles. The minimum Gasteiger partial charge on any atom is -0.493 e. The van der Waals surface area contributed by atoms with Crippen molar-refractivity contribution in [2.75, 3.05) is 31.5 Å². The van der Waals surface area contributed by atoms with E-state index in [2.05, 4.69) is 22.9 Å². The highest BCUT2D eigenvalue weighted by Crippen LogP contribution is 2.42. The molecular weight excluding hydrogens is 747 g/mol. The molecule has 1 aliphatic carbocycles. The highest BCUT2D eigenvalue weighted by Gasteiger charge is 2.31. The lowest BCUT2D eigenvalue weighted by molar-refractivity contribution is -0.116. The van der Waals surface area contributed by atoms with Crippen LogP contribution in [0.4, 0.5) is 10.7 Å². The van der Waals surface area contributed by atoms with Crippen LogP contribution in [0.25, 0.3) is 6.08 Å². The van der Waals surface area contributed by atoms with Crippen molar-refractivity contribution in [2.24, 2.45) is 5.92 Å². The molecule has 1 aliphatic rings. The van der Waals surface area contributed by atoms with Crippen LogP contribution in [-0.4, -0.2) is 44.5 Å². The number of benzene rings is 4. The number of carbonyl (C=O) groups excluding carboxylic acids is 4. The van der Waals surface area contributed by atoms with Gasteiger partial charge in [0.15, 0.2) is 11.5 Å². The first-order chi connectivity index (χ1) is 27.2. The average Bonchev–Trinajstić information content (AvgIpc) is 3.56.